The lowest BCUT2D eigenvalue weighted by Gasteiger charge is -2.30. The fraction of sp³-hybridized carbons (Fsp3) is 0.846. The average Bonchev–Trinajstić information content (AvgIpc) is 2.76. The molecular formula is C13H23N3O2. The number of hydrogen-bond acceptors (Lipinski definition) is 5. The molecule has 102 valence electrons. The van der Waals surface area contributed by atoms with E-state index in [4.69, 9.17) is 4.52 Å². The fourth-order valence-electron chi connectivity index (χ4n) is 2.43. The molecule has 1 aromatic heterocycles. The lowest BCUT2D eigenvalue weighted by molar-refractivity contribution is 0.113. The van der Waals surface area contributed by atoms with Gasteiger partial charge in [-0.3, -0.25) is 4.90 Å². The highest BCUT2D eigenvalue weighted by Gasteiger charge is 2.20. The van der Waals surface area contributed by atoms with Gasteiger partial charge in [-0.15, -0.1) is 0 Å². The summed E-state index contributed by atoms with van der Waals surface area (Å²) >= 11 is 0. The molecule has 0 bridgehead atoms. The van der Waals surface area contributed by atoms with Gasteiger partial charge in [-0.2, -0.15) is 4.98 Å². The number of rotatable bonds is 5. The van der Waals surface area contributed by atoms with Crippen molar-refractivity contribution in [1.29, 1.82) is 0 Å². The van der Waals surface area contributed by atoms with Gasteiger partial charge in [-0.05, 0) is 31.2 Å². The summed E-state index contributed by atoms with van der Waals surface area (Å²) in [6.45, 7) is 7.29. The van der Waals surface area contributed by atoms with Crippen molar-refractivity contribution in [3.63, 3.8) is 0 Å². The fourth-order valence-corrected chi connectivity index (χ4v) is 2.43. The zero-order chi connectivity index (χ0) is 13.0. The summed E-state index contributed by atoms with van der Waals surface area (Å²) in [6, 6.07) is 0. The van der Waals surface area contributed by atoms with Crippen LogP contribution in [0.25, 0.3) is 0 Å². The third kappa shape index (κ3) is 3.78. The van der Waals surface area contributed by atoms with Gasteiger partial charge in [0.15, 0.2) is 5.82 Å². The van der Waals surface area contributed by atoms with Gasteiger partial charge in [0.1, 0.15) is 0 Å². The van der Waals surface area contributed by atoms with Crippen molar-refractivity contribution >= 4 is 0 Å². The molecule has 1 N–H and O–H groups in total. The maximum absolute atomic E-state index is 9.20. The molecule has 5 nitrogen and oxygen atoms in total. The van der Waals surface area contributed by atoms with Crippen molar-refractivity contribution in [2.24, 2.45) is 11.8 Å². The van der Waals surface area contributed by atoms with E-state index in [0.29, 0.717) is 11.8 Å². The molecule has 0 saturated carbocycles. The van der Waals surface area contributed by atoms with Crippen LogP contribution in [0.1, 0.15) is 38.4 Å². The number of hydrogen-bond donors (Lipinski definition) is 1. The molecule has 1 fully saturated rings. The summed E-state index contributed by atoms with van der Waals surface area (Å²) < 4.78 is 5.23. The maximum atomic E-state index is 9.20. The highest BCUT2D eigenvalue weighted by molar-refractivity contribution is 4.88. The van der Waals surface area contributed by atoms with Crippen LogP contribution >= 0.6 is 0 Å². The molecule has 0 aliphatic carbocycles. The third-order valence-corrected chi connectivity index (χ3v) is 3.32. The van der Waals surface area contributed by atoms with Crippen molar-refractivity contribution in [2.45, 2.75) is 39.7 Å². The molecule has 1 aromatic rings. The molecule has 18 heavy (non-hydrogen) atoms. The lowest BCUT2D eigenvalue weighted by Crippen LogP contribution is -2.36. The molecule has 5 heteroatoms. The Kier molecular flexibility index (Phi) is 4.72. The minimum atomic E-state index is 0.279. The van der Waals surface area contributed by atoms with Crippen molar-refractivity contribution in [3.05, 3.63) is 11.7 Å². The summed E-state index contributed by atoms with van der Waals surface area (Å²) in [5, 5.41) is 13.2. The second-order valence-corrected chi connectivity index (χ2v) is 5.63. The van der Waals surface area contributed by atoms with Crippen LogP contribution in [0.5, 0.6) is 0 Å². The standard InChI is InChI=1S/C13H23N3O2/c1-10(2)6-13-14-12(15-18-13)8-16-5-3-4-11(7-16)9-17/h10-11,17H,3-9H2,1-2H3. The van der Waals surface area contributed by atoms with E-state index in [1.807, 2.05) is 0 Å². The topological polar surface area (TPSA) is 62.4 Å². The van der Waals surface area contributed by atoms with Crippen LogP contribution in [0.3, 0.4) is 0 Å². The normalized spacial score (nSPS) is 21.7. The minimum absolute atomic E-state index is 0.279. The Labute approximate surface area is 108 Å². The third-order valence-electron chi connectivity index (χ3n) is 3.32. The molecule has 1 saturated heterocycles. The molecule has 1 atom stereocenters. The lowest BCUT2D eigenvalue weighted by atomic mass is 9.99. The van der Waals surface area contributed by atoms with Gasteiger partial charge in [0.05, 0.1) is 6.54 Å². The second-order valence-electron chi connectivity index (χ2n) is 5.63. The Morgan fingerprint density at radius 1 is 1.50 bits per heavy atom. The average molecular weight is 253 g/mol. The zero-order valence-corrected chi connectivity index (χ0v) is 11.3. The van der Waals surface area contributed by atoms with E-state index in [0.717, 1.165) is 50.6 Å². The Hall–Kier alpha value is -0.940. The molecule has 0 spiro atoms. The van der Waals surface area contributed by atoms with E-state index in [2.05, 4.69) is 28.9 Å². The van der Waals surface area contributed by atoms with Crippen LogP contribution in [0, 0.1) is 11.8 Å². The van der Waals surface area contributed by atoms with Gasteiger partial charge in [0, 0.05) is 19.6 Å². The van der Waals surface area contributed by atoms with Crippen LogP contribution < -0.4 is 0 Å². The summed E-state index contributed by atoms with van der Waals surface area (Å²) in [7, 11) is 0. The predicted octanol–water partition coefficient (Wildman–Crippen LogP) is 1.47. The second kappa shape index (κ2) is 6.29. The molecule has 2 rings (SSSR count). The monoisotopic (exact) mass is 253 g/mol. The smallest absolute Gasteiger partial charge is 0.226 e. The first-order chi connectivity index (χ1) is 8.67. The SMILES string of the molecule is CC(C)Cc1nc(CN2CCCC(CO)C2)no1. The predicted molar refractivity (Wildman–Crippen MR) is 67.9 cm³/mol. The van der Waals surface area contributed by atoms with Crippen LogP contribution in [0.15, 0.2) is 4.52 Å². The zero-order valence-electron chi connectivity index (χ0n) is 11.3. The van der Waals surface area contributed by atoms with Gasteiger partial charge < -0.3 is 9.63 Å². The molecular weight excluding hydrogens is 230 g/mol. The largest absolute Gasteiger partial charge is 0.396 e. The Balaban J connectivity index is 1.86. The first kappa shape index (κ1) is 13.5. The molecule has 0 radical (unpaired) electrons. The van der Waals surface area contributed by atoms with Crippen molar-refractivity contribution in [1.82, 2.24) is 15.0 Å². The van der Waals surface area contributed by atoms with Crippen molar-refractivity contribution < 1.29 is 9.63 Å². The Morgan fingerprint density at radius 3 is 3.06 bits per heavy atom. The maximum Gasteiger partial charge on any atom is 0.226 e. The summed E-state index contributed by atoms with van der Waals surface area (Å²) in [6.07, 6.45) is 3.10. The van der Waals surface area contributed by atoms with E-state index in [1.54, 1.807) is 0 Å². The van der Waals surface area contributed by atoms with E-state index in [-0.39, 0.29) is 6.61 Å². The first-order valence-corrected chi connectivity index (χ1v) is 6.82. The number of piperidine rings is 1. The van der Waals surface area contributed by atoms with Crippen LogP contribution in [0.2, 0.25) is 0 Å². The van der Waals surface area contributed by atoms with Gasteiger partial charge in [0.2, 0.25) is 5.89 Å². The molecule has 1 unspecified atom stereocenters. The highest BCUT2D eigenvalue weighted by Crippen LogP contribution is 2.17. The molecule has 2 heterocycles. The Morgan fingerprint density at radius 2 is 2.33 bits per heavy atom. The van der Waals surface area contributed by atoms with Gasteiger partial charge >= 0.3 is 0 Å². The van der Waals surface area contributed by atoms with E-state index < -0.39 is 0 Å². The molecule has 1 aliphatic rings. The summed E-state index contributed by atoms with van der Waals surface area (Å²) in [5.74, 6) is 2.44. The molecule has 0 aromatic carbocycles. The van der Waals surface area contributed by atoms with E-state index in [9.17, 15) is 5.11 Å². The van der Waals surface area contributed by atoms with Gasteiger partial charge in [-0.1, -0.05) is 19.0 Å². The number of aliphatic hydroxyl groups excluding tert-OH is 1. The van der Waals surface area contributed by atoms with Crippen LogP contribution in [0.4, 0.5) is 0 Å². The van der Waals surface area contributed by atoms with E-state index >= 15 is 0 Å². The van der Waals surface area contributed by atoms with Crippen LogP contribution in [-0.2, 0) is 13.0 Å². The number of aromatic nitrogens is 2. The first-order valence-electron chi connectivity index (χ1n) is 6.82. The van der Waals surface area contributed by atoms with Crippen molar-refractivity contribution in [2.75, 3.05) is 19.7 Å². The number of aliphatic hydroxyl groups is 1. The molecule has 1 aliphatic heterocycles. The summed E-state index contributed by atoms with van der Waals surface area (Å²) in [4.78, 5) is 6.71. The van der Waals surface area contributed by atoms with E-state index in [1.165, 1.54) is 0 Å². The quantitative estimate of drug-likeness (QED) is 0.861. The number of nitrogens with zero attached hydrogens (tertiary/aromatic N) is 3. The van der Waals surface area contributed by atoms with Gasteiger partial charge in [0.25, 0.3) is 0 Å². The minimum Gasteiger partial charge on any atom is -0.396 e. The summed E-state index contributed by atoms with van der Waals surface area (Å²) in [5.41, 5.74) is 0. The van der Waals surface area contributed by atoms with Gasteiger partial charge in [-0.25, -0.2) is 0 Å². The Bertz CT molecular complexity index is 365. The highest BCUT2D eigenvalue weighted by atomic mass is 16.5. The van der Waals surface area contributed by atoms with Crippen molar-refractivity contribution in [3.8, 4) is 0 Å². The number of likely N-dealkylation sites (tertiary alicyclic amines) is 1. The van der Waals surface area contributed by atoms with Crippen LogP contribution in [-0.4, -0.2) is 39.8 Å². The molecule has 0 amide bonds.